The van der Waals surface area contributed by atoms with E-state index in [9.17, 15) is 0 Å². The van der Waals surface area contributed by atoms with Gasteiger partial charge in [0.2, 0.25) is 0 Å². The predicted octanol–water partition coefficient (Wildman–Crippen LogP) is 1.94. The highest BCUT2D eigenvalue weighted by Gasteiger charge is 2.37. The average Bonchev–Trinajstić information content (AvgIpc) is 1.78. The lowest BCUT2D eigenvalue weighted by Gasteiger charge is -2.37. The molecule has 0 saturated carbocycles. The molecule has 0 aliphatic heterocycles. The summed E-state index contributed by atoms with van der Waals surface area (Å²) in [6, 6.07) is 0. The lowest BCUT2D eigenvalue weighted by molar-refractivity contribution is 0.287. The van der Waals surface area contributed by atoms with Crippen molar-refractivity contribution in [2.75, 3.05) is 7.11 Å². The summed E-state index contributed by atoms with van der Waals surface area (Å²) in [4.78, 5) is 0. The molecule has 0 aromatic carbocycles. The van der Waals surface area contributed by atoms with E-state index in [4.69, 9.17) is 20.1 Å². The Bertz CT molecular complexity index is 191. The van der Waals surface area contributed by atoms with Crippen molar-refractivity contribution in [2.24, 2.45) is 0 Å². The Balaban J connectivity index is 4.35. The molecule has 1 atom stereocenters. The van der Waals surface area contributed by atoms with Crippen LogP contribution in [0.2, 0.25) is 39.3 Å². The average molecular weight is 248 g/mol. The molecule has 0 aliphatic carbocycles. The van der Waals surface area contributed by atoms with Gasteiger partial charge in [-0.15, -0.1) is 0 Å². The van der Waals surface area contributed by atoms with E-state index >= 15 is 0 Å². The van der Waals surface area contributed by atoms with Gasteiger partial charge >= 0.3 is 8.56 Å². The molecule has 14 heavy (non-hydrogen) atoms. The van der Waals surface area contributed by atoms with Crippen LogP contribution in [0.1, 0.15) is 0 Å². The van der Waals surface area contributed by atoms with Crippen LogP contribution in [0.5, 0.6) is 0 Å². The van der Waals surface area contributed by atoms with Gasteiger partial charge in [-0.05, 0) is 39.3 Å². The summed E-state index contributed by atoms with van der Waals surface area (Å²) in [7, 11) is 1.50. The second-order valence-corrected chi connectivity index (χ2v) is 16.0. The molecule has 3 nitrogen and oxygen atoms in total. The molecule has 0 bridgehead atoms. The minimum Gasteiger partial charge on any atom is -0.443 e. The zero-order valence-corrected chi connectivity index (χ0v) is 13.3. The molecule has 0 amide bonds. The molecule has 0 fully saturated rings. The summed E-state index contributed by atoms with van der Waals surface area (Å²) in [5, 5.41) is 0. The lowest BCUT2D eigenvalue weighted by atomic mass is 10.8. The fourth-order valence-corrected chi connectivity index (χ4v) is 10.8. The van der Waals surface area contributed by atoms with Gasteiger partial charge in [0, 0.05) is 7.11 Å². The first-order valence-electron chi connectivity index (χ1n) is 4.72. The van der Waals surface area contributed by atoms with Crippen LogP contribution in [0.25, 0.3) is 0 Å². The molecule has 0 N–H and O–H groups in total. The first kappa shape index (κ1) is 14.6. The van der Waals surface area contributed by atoms with E-state index in [0.717, 1.165) is 0 Å². The molecular weight excluding hydrogens is 227 g/mol. The minimum atomic E-state index is -2.50. The first-order chi connectivity index (χ1) is 5.97. The Hall–Kier alpha value is 0.596. The molecule has 7 heteroatoms. The molecular formula is C7H21BO3Si3. The normalized spacial score (nSPS) is 17.9. The van der Waals surface area contributed by atoms with Crippen molar-refractivity contribution in [1.29, 1.82) is 0 Å². The van der Waals surface area contributed by atoms with Crippen molar-refractivity contribution in [1.82, 2.24) is 0 Å². The predicted molar refractivity (Wildman–Crippen MR) is 67.4 cm³/mol. The monoisotopic (exact) mass is 248 g/mol. The van der Waals surface area contributed by atoms with Gasteiger partial charge in [-0.2, -0.15) is 0 Å². The SMILES string of the molecule is [B][Si](C)(O[Si](C)(C)C)O[Si](C)(C)OC. The Morgan fingerprint density at radius 2 is 1.29 bits per heavy atom. The highest BCUT2D eigenvalue weighted by Crippen LogP contribution is 2.17. The van der Waals surface area contributed by atoms with Gasteiger partial charge in [-0.25, -0.2) is 0 Å². The van der Waals surface area contributed by atoms with Gasteiger partial charge in [-0.1, -0.05) is 0 Å². The number of hydrogen-bond acceptors (Lipinski definition) is 3. The van der Waals surface area contributed by atoms with E-state index in [-0.39, 0.29) is 0 Å². The molecule has 0 heterocycles. The minimum absolute atomic E-state index is 1.63. The second kappa shape index (κ2) is 4.62. The van der Waals surface area contributed by atoms with Gasteiger partial charge in [0.15, 0.2) is 8.32 Å². The Labute approximate surface area is 92.1 Å². The maximum atomic E-state index is 6.05. The van der Waals surface area contributed by atoms with Crippen LogP contribution in [0.15, 0.2) is 0 Å². The van der Waals surface area contributed by atoms with E-state index < -0.39 is 25.3 Å². The maximum absolute atomic E-state index is 6.05. The molecule has 1 unspecified atom stereocenters. The van der Waals surface area contributed by atoms with Crippen LogP contribution in [0.3, 0.4) is 0 Å². The van der Waals surface area contributed by atoms with E-state index in [2.05, 4.69) is 19.6 Å². The summed E-state index contributed by atoms with van der Waals surface area (Å²) in [5.41, 5.74) is 0. The zero-order valence-electron chi connectivity index (χ0n) is 10.3. The van der Waals surface area contributed by atoms with E-state index in [0.29, 0.717) is 0 Å². The van der Waals surface area contributed by atoms with Crippen molar-refractivity contribution in [2.45, 2.75) is 39.3 Å². The van der Waals surface area contributed by atoms with E-state index in [1.54, 1.807) is 7.11 Å². The Morgan fingerprint density at radius 3 is 1.57 bits per heavy atom. The fourth-order valence-electron chi connectivity index (χ4n) is 1.16. The molecule has 82 valence electrons. The maximum Gasteiger partial charge on any atom is 0.322 e. The summed E-state index contributed by atoms with van der Waals surface area (Å²) >= 11 is 0. The largest absolute Gasteiger partial charge is 0.443 e. The Morgan fingerprint density at radius 1 is 0.857 bits per heavy atom. The van der Waals surface area contributed by atoms with Crippen molar-refractivity contribution in [3.63, 3.8) is 0 Å². The highest BCUT2D eigenvalue weighted by atomic mass is 28.5. The van der Waals surface area contributed by atoms with E-state index in [1.165, 1.54) is 0 Å². The third kappa shape index (κ3) is 6.96. The number of rotatable bonds is 5. The van der Waals surface area contributed by atoms with Gasteiger partial charge in [0.05, 0.1) is 0 Å². The molecule has 0 spiro atoms. The molecule has 0 aromatic heterocycles. The van der Waals surface area contributed by atoms with Crippen molar-refractivity contribution >= 4 is 32.7 Å². The summed E-state index contributed by atoms with van der Waals surface area (Å²) in [6.45, 7) is 12.1. The van der Waals surface area contributed by atoms with Gasteiger partial charge < -0.3 is 12.7 Å². The zero-order chi connectivity index (χ0) is 11.6. The van der Waals surface area contributed by atoms with Gasteiger partial charge in [0.25, 0.3) is 8.43 Å². The smallest absolute Gasteiger partial charge is 0.322 e. The third-order valence-electron chi connectivity index (χ3n) is 1.45. The molecule has 0 rings (SSSR count). The van der Waals surface area contributed by atoms with Crippen LogP contribution >= 0.6 is 0 Å². The number of hydrogen-bond donors (Lipinski definition) is 0. The molecule has 0 aliphatic rings. The Kier molecular flexibility index (Phi) is 4.82. The van der Waals surface area contributed by atoms with Gasteiger partial charge in [0.1, 0.15) is 7.44 Å². The van der Waals surface area contributed by atoms with Gasteiger partial charge in [-0.3, -0.25) is 0 Å². The third-order valence-corrected chi connectivity index (χ3v) is 10.1. The fraction of sp³-hybridized carbons (Fsp3) is 1.00. The van der Waals surface area contributed by atoms with Crippen molar-refractivity contribution < 1.29 is 12.7 Å². The summed E-state index contributed by atoms with van der Waals surface area (Å²) in [6.07, 6.45) is 0. The van der Waals surface area contributed by atoms with Crippen LogP contribution in [-0.2, 0) is 12.7 Å². The van der Waals surface area contributed by atoms with Crippen LogP contribution in [0, 0.1) is 0 Å². The second-order valence-electron chi connectivity index (χ2n) is 4.94. The quantitative estimate of drug-likeness (QED) is 0.696. The van der Waals surface area contributed by atoms with Crippen LogP contribution in [-0.4, -0.2) is 39.9 Å². The molecule has 0 aromatic rings. The van der Waals surface area contributed by atoms with Crippen LogP contribution in [0.4, 0.5) is 0 Å². The topological polar surface area (TPSA) is 27.7 Å². The van der Waals surface area contributed by atoms with E-state index in [1.807, 2.05) is 19.6 Å². The lowest BCUT2D eigenvalue weighted by Crippen LogP contribution is -2.55. The first-order valence-corrected chi connectivity index (χ1v) is 13.3. The van der Waals surface area contributed by atoms with Crippen LogP contribution < -0.4 is 0 Å². The summed E-state index contributed by atoms with van der Waals surface area (Å²) < 4.78 is 16.9. The standard InChI is InChI=1S/C7H21BO3Si3/c1-9-13(5,6)11-14(7,8)10-12(2,3)4/h1-7H3. The van der Waals surface area contributed by atoms with Crippen molar-refractivity contribution in [3.8, 4) is 0 Å². The summed E-state index contributed by atoms with van der Waals surface area (Å²) in [5.74, 6) is 0. The molecule has 0 saturated heterocycles. The highest BCUT2D eigenvalue weighted by molar-refractivity contribution is 7.14. The van der Waals surface area contributed by atoms with Crippen molar-refractivity contribution in [3.05, 3.63) is 0 Å². The molecule has 2 radical (unpaired) electrons.